The monoisotopic (exact) mass is 303 g/mol. The highest BCUT2D eigenvalue weighted by molar-refractivity contribution is 5.89. The second-order valence-electron chi connectivity index (χ2n) is 5.25. The van der Waals surface area contributed by atoms with Crippen LogP contribution in [0.5, 0.6) is 0 Å². The van der Waals surface area contributed by atoms with Gasteiger partial charge in [-0.15, -0.1) is 0 Å². The molecule has 1 aromatic rings. The van der Waals surface area contributed by atoms with Gasteiger partial charge in [0.2, 0.25) is 0 Å². The van der Waals surface area contributed by atoms with Crippen LogP contribution in [0.15, 0.2) is 42.5 Å². The summed E-state index contributed by atoms with van der Waals surface area (Å²) in [5.41, 5.74) is 1.23. The molecule has 0 spiro atoms. The van der Waals surface area contributed by atoms with Crippen molar-refractivity contribution >= 4 is 11.9 Å². The zero-order chi connectivity index (χ0) is 16.1. The maximum atomic E-state index is 12.3. The van der Waals surface area contributed by atoms with Crippen LogP contribution in [0, 0.1) is 0 Å². The van der Waals surface area contributed by atoms with Crippen molar-refractivity contribution in [3.05, 3.63) is 48.0 Å². The van der Waals surface area contributed by atoms with E-state index in [1.54, 1.807) is 0 Å². The molecule has 0 saturated carbocycles. The summed E-state index contributed by atoms with van der Waals surface area (Å²) in [4.78, 5) is 26.0. The van der Waals surface area contributed by atoms with Crippen LogP contribution in [-0.4, -0.2) is 43.6 Å². The molecular formula is C17H21NO4. The summed E-state index contributed by atoms with van der Waals surface area (Å²) in [5.74, 6) is -0.774. The molecule has 2 rings (SSSR count). The topological polar surface area (TPSA) is 55.8 Å². The summed E-state index contributed by atoms with van der Waals surface area (Å²) in [6, 6.07) is 8.68. The Bertz CT molecular complexity index is 555. The summed E-state index contributed by atoms with van der Waals surface area (Å²) in [6.07, 6.45) is 1.66. The summed E-state index contributed by atoms with van der Waals surface area (Å²) in [7, 11) is 2.71. The molecule has 2 atom stereocenters. The number of ether oxygens (including phenoxy) is 2. The van der Waals surface area contributed by atoms with Gasteiger partial charge >= 0.3 is 11.9 Å². The third kappa shape index (κ3) is 3.20. The van der Waals surface area contributed by atoms with Gasteiger partial charge in [-0.2, -0.15) is 0 Å². The summed E-state index contributed by atoms with van der Waals surface area (Å²) in [5, 5.41) is 0. The lowest BCUT2D eigenvalue weighted by atomic mass is 10.0. The van der Waals surface area contributed by atoms with E-state index in [4.69, 9.17) is 9.47 Å². The number of nitrogens with zero attached hydrogens (tertiary/aromatic N) is 1. The molecular weight excluding hydrogens is 282 g/mol. The van der Waals surface area contributed by atoms with Crippen LogP contribution in [0.25, 0.3) is 0 Å². The molecule has 0 bridgehead atoms. The minimum Gasteiger partial charge on any atom is -0.468 e. The summed E-state index contributed by atoms with van der Waals surface area (Å²) >= 11 is 0. The molecule has 0 N–H and O–H groups in total. The Balaban J connectivity index is 2.32. The second-order valence-corrected chi connectivity index (χ2v) is 5.25. The molecule has 5 heteroatoms. The van der Waals surface area contributed by atoms with Crippen LogP contribution in [0.4, 0.5) is 0 Å². The smallest absolute Gasteiger partial charge is 0.334 e. The number of benzene rings is 1. The number of rotatable bonds is 5. The fourth-order valence-electron chi connectivity index (χ4n) is 2.95. The third-order valence-corrected chi connectivity index (χ3v) is 4.02. The number of methoxy groups -OCH3 is 2. The quantitative estimate of drug-likeness (QED) is 0.616. The first-order valence-electron chi connectivity index (χ1n) is 7.25. The molecule has 0 aromatic heterocycles. The average molecular weight is 303 g/mol. The van der Waals surface area contributed by atoms with Crippen molar-refractivity contribution in [1.29, 1.82) is 0 Å². The van der Waals surface area contributed by atoms with Crippen molar-refractivity contribution in [1.82, 2.24) is 4.90 Å². The van der Waals surface area contributed by atoms with Crippen LogP contribution < -0.4 is 0 Å². The van der Waals surface area contributed by atoms with Gasteiger partial charge in [0, 0.05) is 11.6 Å². The normalized spacial score (nSPS) is 19.5. The minimum atomic E-state index is -0.542. The van der Waals surface area contributed by atoms with Crippen LogP contribution in [0.1, 0.15) is 24.4 Å². The van der Waals surface area contributed by atoms with Crippen LogP contribution in [-0.2, 0) is 19.1 Å². The van der Waals surface area contributed by atoms with Crippen molar-refractivity contribution in [2.45, 2.75) is 24.9 Å². The lowest BCUT2D eigenvalue weighted by molar-refractivity contribution is -0.148. The fourth-order valence-corrected chi connectivity index (χ4v) is 2.95. The van der Waals surface area contributed by atoms with Gasteiger partial charge in [0.25, 0.3) is 0 Å². The lowest BCUT2D eigenvalue weighted by Crippen LogP contribution is -2.40. The molecule has 0 radical (unpaired) electrons. The number of carbonyl (C=O) groups excluding carboxylic acids is 2. The number of likely N-dealkylation sites (tertiary alicyclic amines) is 1. The van der Waals surface area contributed by atoms with E-state index < -0.39 is 12.0 Å². The van der Waals surface area contributed by atoms with Crippen molar-refractivity contribution in [2.75, 3.05) is 20.8 Å². The Morgan fingerprint density at radius 2 is 1.91 bits per heavy atom. The van der Waals surface area contributed by atoms with E-state index in [-0.39, 0.29) is 12.0 Å². The molecule has 1 heterocycles. The van der Waals surface area contributed by atoms with Gasteiger partial charge in [-0.05, 0) is 24.9 Å². The molecule has 0 aliphatic carbocycles. The van der Waals surface area contributed by atoms with Gasteiger partial charge in [0.05, 0.1) is 14.2 Å². The van der Waals surface area contributed by atoms with Gasteiger partial charge in [0.1, 0.15) is 6.04 Å². The highest BCUT2D eigenvalue weighted by atomic mass is 16.5. The molecule has 1 aromatic carbocycles. The van der Waals surface area contributed by atoms with E-state index in [0.717, 1.165) is 18.4 Å². The van der Waals surface area contributed by atoms with Gasteiger partial charge < -0.3 is 9.47 Å². The molecule has 1 aliphatic rings. The first-order valence-corrected chi connectivity index (χ1v) is 7.25. The zero-order valence-electron chi connectivity index (χ0n) is 13.0. The predicted octanol–water partition coefficient (Wildman–Crippen LogP) is 2.09. The third-order valence-electron chi connectivity index (χ3n) is 4.02. The van der Waals surface area contributed by atoms with Gasteiger partial charge in [-0.3, -0.25) is 4.90 Å². The van der Waals surface area contributed by atoms with E-state index in [1.165, 1.54) is 14.2 Å². The van der Waals surface area contributed by atoms with E-state index in [9.17, 15) is 9.59 Å². The van der Waals surface area contributed by atoms with Gasteiger partial charge in [-0.1, -0.05) is 36.9 Å². The summed E-state index contributed by atoms with van der Waals surface area (Å²) < 4.78 is 9.73. The first kappa shape index (κ1) is 16.2. The summed E-state index contributed by atoms with van der Waals surface area (Å²) in [6.45, 7) is 4.55. The lowest BCUT2D eigenvalue weighted by Gasteiger charge is -2.31. The number of hydrogen-bond donors (Lipinski definition) is 0. The SMILES string of the molecule is C=C(C(=O)OC)[C@@H]1CCCN1[C@@H](C(=O)OC)c1ccccc1. The van der Waals surface area contributed by atoms with Gasteiger partial charge in [0.15, 0.2) is 0 Å². The average Bonchev–Trinajstić information content (AvgIpc) is 3.03. The maximum Gasteiger partial charge on any atom is 0.334 e. The van der Waals surface area contributed by atoms with Crippen LogP contribution >= 0.6 is 0 Å². The Morgan fingerprint density at radius 3 is 2.50 bits per heavy atom. The van der Waals surface area contributed by atoms with Crippen molar-refractivity contribution in [2.24, 2.45) is 0 Å². The Morgan fingerprint density at radius 1 is 1.23 bits per heavy atom. The van der Waals surface area contributed by atoms with Gasteiger partial charge in [-0.25, -0.2) is 9.59 Å². The van der Waals surface area contributed by atoms with E-state index in [1.807, 2.05) is 35.2 Å². The number of hydrogen-bond acceptors (Lipinski definition) is 5. The standard InChI is InChI=1S/C17H21NO4/c1-12(16(19)21-2)14-10-7-11-18(14)15(17(20)22-3)13-8-5-4-6-9-13/h4-6,8-9,14-15H,1,7,10-11H2,2-3H3/t14-,15+/m0/s1. The van der Waals surface area contributed by atoms with Crippen molar-refractivity contribution in [3.63, 3.8) is 0 Å². The predicted molar refractivity (Wildman–Crippen MR) is 82.1 cm³/mol. The molecule has 0 unspecified atom stereocenters. The molecule has 1 fully saturated rings. The Hall–Kier alpha value is -2.14. The van der Waals surface area contributed by atoms with E-state index in [0.29, 0.717) is 12.1 Å². The molecule has 1 aliphatic heterocycles. The molecule has 5 nitrogen and oxygen atoms in total. The largest absolute Gasteiger partial charge is 0.468 e. The first-order chi connectivity index (χ1) is 10.6. The second kappa shape index (κ2) is 7.22. The molecule has 1 saturated heterocycles. The number of esters is 2. The van der Waals surface area contributed by atoms with Crippen molar-refractivity contribution in [3.8, 4) is 0 Å². The fraction of sp³-hybridized carbons (Fsp3) is 0.412. The molecule has 0 amide bonds. The van der Waals surface area contributed by atoms with E-state index in [2.05, 4.69) is 6.58 Å². The highest BCUT2D eigenvalue weighted by Gasteiger charge is 2.39. The molecule has 22 heavy (non-hydrogen) atoms. The van der Waals surface area contributed by atoms with Crippen LogP contribution in [0.2, 0.25) is 0 Å². The van der Waals surface area contributed by atoms with E-state index >= 15 is 0 Å². The Labute approximate surface area is 130 Å². The minimum absolute atomic E-state index is 0.211. The van der Waals surface area contributed by atoms with Crippen molar-refractivity contribution < 1.29 is 19.1 Å². The highest BCUT2D eigenvalue weighted by Crippen LogP contribution is 2.33. The number of carbonyl (C=O) groups is 2. The molecule has 118 valence electrons. The zero-order valence-corrected chi connectivity index (χ0v) is 13.0. The maximum absolute atomic E-state index is 12.3. The Kier molecular flexibility index (Phi) is 5.33. The van der Waals surface area contributed by atoms with Crippen LogP contribution in [0.3, 0.4) is 0 Å².